The maximum atomic E-state index is 12.4. The molecule has 142 valence electrons. The first-order chi connectivity index (χ1) is 12.7. The second kappa shape index (κ2) is 8.64. The smallest absolute Gasteiger partial charge is 0.350 e. The molecule has 0 aliphatic carbocycles. The van der Waals surface area contributed by atoms with Crippen LogP contribution >= 0.6 is 23.6 Å². The van der Waals surface area contributed by atoms with E-state index >= 15 is 0 Å². The van der Waals surface area contributed by atoms with Gasteiger partial charge in [-0.15, -0.1) is 0 Å². The Morgan fingerprint density at radius 3 is 2.70 bits per heavy atom. The minimum Gasteiger partial charge on any atom is -0.462 e. The van der Waals surface area contributed by atoms with Gasteiger partial charge in [0.1, 0.15) is 4.88 Å². The number of carbonyl (C=O) groups is 2. The highest BCUT2D eigenvalue weighted by Crippen LogP contribution is 2.24. The van der Waals surface area contributed by atoms with Crippen molar-refractivity contribution in [2.24, 2.45) is 0 Å². The highest BCUT2D eigenvalue weighted by Gasteiger charge is 2.20. The quantitative estimate of drug-likeness (QED) is 0.335. The topological polar surface area (TPSA) is 123 Å². The molecular formula is C16H16N4O5S2. The molecule has 9 nitrogen and oxygen atoms in total. The van der Waals surface area contributed by atoms with Crippen LogP contribution in [-0.4, -0.2) is 33.5 Å². The predicted molar refractivity (Wildman–Crippen MR) is 104 cm³/mol. The zero-order valence-corrected chi connectivity index (χ0v) is 16.3. The maximum absolute atomic E-state index is 12.4. The van der Waals surface area contributed by atoms with E-state index in [1.165, 1.54) is 25.1 Å². The number of hydrogen-bond acceptors (Lipinski definition) is 8. The van der Waals surface area contributed by atoms with Crippen molar-refractivity contribution in [2.45, 2.75) is 20.8 Å². The Balaban J connectivity index is 2.09. The summed E-state index contributed by atoms with van der Waals surface area (Å²) in [7, 11) is 0. The first-order valence-electron chi connectivity index (χ1n) is 7.75. The molecule has 0 saturated carbocycles. The molecule has 1 aromatic carbocycles. The number of carbonyl (C=O) groups excluding carboxylic acids is 2. The van der Waals surface area contributed by atoms with Crippen molar-refractivity contribution in [2.75, 3.05) is 11.9 Å². The van der Waals surface area contributed by atoms with Crippen LogP contribution in [-0.2, 0) is 4.74 Å². The fraction of sp³-hybridized carbons (Fsp3) is 0.250. The van der Waals surface area contributed by atoms with Crippen molar-refractivity contribution < 1.29 is 19.2 Å². The third-order valence-corrected chi connectivity index (χ3v) is 4.71. The zero-order chi connectivity index (χ0) is 20.1. The molecule has 1 amide bonds. The van der Waals surface area contributed by atoms with Crippen molar-refractivity contribution in [3.05, 3.63) is 50.0 Å². The van der Waals surface area contributed by atoms with Gasteiger partial charge in [0.2, 0.25) is 0 Å². The molecule has 0 aliphatic rings. The lowest BCUT2D eigenvalue weighted by atomic mass is 10.1. The van der Waals surface area contributed by atoms with Crippen LogP contribution in [0.4, 0.5) is 10.8 Å². The Kier molecular flexibility index (Phi) is 6.53. The number of hydrogen-bond donors (Lipinski definition) is 2. The third-order valence-electron chi connectivity index (χ3n) is 3.45. The first kappa shape index (κ1) is 20.4. The van der Waals surface area contributed by atoms with Gasteiger partial charge < -0.3 is 10.1 Å². The molecule has 0 aliphatic heterocycles. The summed E-state index contributed by atoms with van der Waals surface area (Å²) in [6.45, 7) is 5.09. The van der Waals surface area contributed by atoms with Crippen LogP contribution in [0.15, 0.2) is 18.2 Å². The Hall–Kier alpha value is -2.92. The van der Waals surface area contributed by atoms with E-state index in [0.29, 0.717) is 15.7 Å². The van der Waals surface area contributed by atoms with Gasteiger partial charge in [0.15, 0.2) is 10.2 Å². The number of nitro benzene ring substituents is 1. The molecule has 2 aromatic rings. The van der Waals surface area contributed by atoms with E-state index in [4.69, 9.17) is 17.0 Å². The van der Waals surface area contributed by atoms with Crippen LogP contribution in [0.25, 0.3) is 0 Å². The Morgan fingerprint density at radius 1 is 1.37 bits per heavy atom. The number of nitrogens with one attached hydrogen (secondary N) is 2. The fourth-order valence-corrected chi connectivity index (χ4v) is 3.32. The summed E-state index contributed by atoms with van der Waals surface area (Å²) in [5.74, 6) is -1.07. The molecule has 0 spiro atoms. The van der Waals surface area contributed by atoms with E-state index in [1.54, 1.807) is 13.8 Å². The summed E-state index contributed by atoms with van der Waals surface area (Å²) in [4.78, 5) is 39.1. The lowest BCUT2D eigenvalue weighted by Crippen LogP contribution is -2.34. The number of ether oxygens (including phenoxy) is 1. The van der Waals surface area contributed by atoms with Crippen LogP contribution in [0.2, 0.25) is 0 Å². The molecular weight excluding hydrogens is 392 g/mol. The fourth-order valence-electron chi connectivity index (χ4n) is 2.20. The van der Waals surface area contributed by atoms with Crippen molar-refractivity contribution in [3.63, 3.8) is 0 Å². The second-order valence-electron chi connectivity index (χ2n) is 5.27. The number of benzene rings is 1. The third kappa shape index (κ3) is 4.83. The molecule has 0 unspecified atom stereocenters. The average Bonchev–Trinajstić information content (AvgIpc) is 2.95. The number of rotatable bonds is 5. The van der Waals surface area contributed by atoms with Crippen LogP contribution in [0.1, 0.15) is 38.2 Å². The molecule has 1 aromatic heterocycles. The number of aromatic nitrogens is 1. The van der Waals surface area contributed by atoms with E-state index in [0.717, 1.165) is 11.3 Å². The van der Waals surface area contributed by atoms with Gasteiger partial charge in [0.25, 0.3) is 11.6 Å². The number of aryl methyl sites for hydroxylation is 1. The number of thiazole rings is 1. The minimum absolute atomic E-state index is 0.0462. The van der Waals surface area contributed by atoms with E-state index in [9.17, 15) is 19.7 Å². The summed E-state index contributed by atoms with van der Waals surface area (Å²) in [6, 6.07) is 4.21. The molecule has 0 fully saturated rings. The normalized spacial score (nSPS) is 10.2. The van der Waals surface area contributed by atoms with Crippen molar-refractivity contribution in [3.8, 4) is 0 Å². The minimum atomic E-state index is -0.590. The summed E-state index contributed by atoms with van der Waals surface area (Å²) in [6.07, 6.45) is 0. The largest absolute Gasteiger partial charge is 0.462 e. The van der Waals surface area contributed by atoms with Crippen LogP contribution in [0, 0.1) is 24.0 Å². The number of thiocarbonyl (C=S) groups is 1. The Labute approximate surface area is 163 Å². The van der Waals surface area contributed by atoms with E-state index in [-0.39, 0.29) is 28.5 Å². The van der Waals surface area contributed by atoms with Gasteiger partial charge in [-0.1, -0.05) is 17.4 Å². The Bertz CT molecular complexity index is 926. The van der Waals surface area contributed by atoms with Gasteiger partial charge in [0, 0.05) is 17.2 Å². The molecule has 27 heavy (non-hydrogen) atoms. The molecule has 1 heterocycles. The van der Waals surface area contributed by atoms with E-state index < -0.39 is 16.8 Å². The monoisotopic (exact) mass is 408 g/mol. The zero-order valence-electron chi connectivity index (χ0n) is 14.7. The van der Waals surface area contributed by atoms with Gasteiger partial charge in [-0.25, -0.2) is 9.78 Å². The van der Waals surface area contributed by atoms with Gasteiger partial charge in [-0.05, 0) is 39.1 Å². The van der Waals surface area contributed by atoms with Crippen molar-refractivity contribution >= 4 is 51.4 Å². The maximum Gasteiger partial charge on any atom is 0.350 e. The number of anilines is 1. The summed E-state index contributed by atoms with van der Waals surface area (Å²) < 4.78 is 4.94. The SMILES string of the molecule is CCOC(=O)c1sc(NC(=S)NC(=O)c2cccc([N+](=O)[O-])c2C)nc1C. The average molecular weight is 408 g/mol. The highest BCUT2D eigenvalue weighted by atomic mass is 32.1. The van der Waals surface area contributed by atoms with Crippen LogP contribution in [0.5, 0.6) is 0 Å². The van der Waals surface area contributed by atoms with E-state index in [2.05, 4.69) is 15.6 Å². The first-order valence-corrected chi connectivity index (χ1v) is 8.98. The van der Waals surface area contributed by atoms with Crippen LogP contribution < -0.4 is 10.6 Å². The molecule has 2 rings (SSSR count). The number of esters is 1. The summed E-state index contributed by atoms with van der Waals surface area (Å²) in [5, 5.41) is 16.4. The molecule has 11 heteroatoms. The molecule has 2 N–H and O–H groups in total. The highest BCUT2D eigenvalue weighted by molar-refractivity contribution is 7.80. The molecule has 0 saturated heterocycles. The number of amides is 1. The summed E-state index contributed by atoms with van der Waals surface area (Å²) >= 11 is 6.13. The summed E-state index contributed by atoms with van der Waals surface area (Å²) in [5.41, 5.74) is 0.689. The van der Waals surface area contributed by atoms with Gasteiger partial charge in [0.05, 0.1) is 17.2 Å². The van der Waals surface area contributed by atoms with Crippen LogP contribution in [0.3, 0.4) is 0 Å². The van der Waals surface area contributed by atoms with Crippen molar-refractivity contribution in [1.82, 2.24) is 10.3 Å². The number of nitro groups is 1. The molecule has 0 bridgehead atoms. The van der Waals surface area contributed by atoms with Crippen molar-refractivity contribution in [1.29, 1.82) is 0 Å². The lowest BCUT2D eigenvalue weighted by molar-refractivity contribution is -0.385. The molecule has 0 radical (unpaired) electrons. The predicted octanol–water partition coefficient (Wildman–Crippen LogP) is 2.97. The standard InChI is InChI=1S/C16H16N4O5S2/c1-4-25-14(22)12-9(3)17-16(27-12)19-15(26)18-13(21)10-6-5-7-11(8(10)2)20(23)24/h5-7H,4H2,1-3H3,(H2,17,18,19,21,26). The van der Waals surface area contributed by atoms with Gasteiger partial charge >= 0.3 is 5.97 Å². The Morgan fingerprint density at radius 2 is 2.07 bits per heavy atom. The molecule has 0 atom stereocenters. The van der Waals surface area contributed by atoms with Gasteiger partial charge in [-0.3, -0.25) is 20.2 Å². The van der Waals surface area contributed by atoms with Gasteiger partial charge in [-0.2, -0.15) is 0 Å². The number of nitrogens with zero attached hydrogens (tertiary/aromatic N) is 2. The van der Waals surface area contributed by atoms with E-state index in [1.807, 2.05) is 0 Å². The second-order valence-corrected chi connectivity index (χ2v) is 6.68. The lowest BCUT2D eigenvalue weighted by Gasteiger charge is -2.09.